The minimum absolute atomic E-state index is 0.187. The number of anilines is 3. The van der Waals surface area contributed by atoms with E-state index in [-0.39, 0.29) is 18.0 Å². The van der Waals surface area contributed by atoms with Crippen molar-refractivity contribution in [2.45, 2.75) is 18.7 Å². The highest BCUT2D eigenvalue weighted by Crippen LogP contribution is 2.24. The van der Waals surface area contributed by atoms with Crippen LogP contribution in [-0.4, -0.2) is 53.9 Å². The fourth-order valence-corrected chi connectivity index (χ4v) is 4.89. The van der Waals surface area contributed by atoms with Crippen molar-refractivity contribution >= 4 is 27.5 Å². The molecule has 0 atom stereocenters. The third kappa shape index (κ3) is 4.68. The summed E-state index contributed by atoms with van der Waals surface area (Å²) in [6.45, 7) is 4.90. The van der Waals surface area contributed by atoms with Gasteiger partial charge in [-0.25, -0.2) is 32.2 Å². The lowest BCUT2D eigenvalue weighted by Crippen LogP contribution is -2.49. The summed E-state index contributed by atoms with van der Waals surface area (Å²) >= 11 is 0. The van der Waals surface area contributed by atoms with Crippen molar-refractivity contribution in [3.05, 3.63) is 65.6 Å². The number of hydrogen-bond donors (Lipinski definition) is 1. The molecule has 3 aromatic rings. The van der Waals surface area contributed by atoms with E-state index >= 15 is 0 Å². The first-order chi connectivity index (χ1) is 15.2. The molecule has 168 valence electrons. The van der Waals surface area contributed by atoms with Crippen molar-refractivity contribution in [3.63, 3.8) is 0 Å². The number of halogens is 2. The molecular formula is C21H22F2N6O2S. The molecule has 3 heterocycles. The van der Waals surface area contributed by atoms with Crippen LogP contribution in [0.5, 0.6) is 0 Å². The summed E-state index contributed by atoms with van der Waals surface area (Å²) in [5.74, 6) is 0.202. The van der Waals surface area contributed by atoms with E-state index in [1.165, 1.54) is 4.31 Å². The Balaban J connectivity index is 1.48. The third-order valence-corrected chi connectivity index (χ3v) is 6.98. The molecule has 8 nitrogen and oxygen atoms in total. The zero-order valence-corrected chi connectivity index (χ0v) is 18.4. The average molecular weight is 461 g/mol. The molecule has 2 aromatic heterocycles. The number of sulfonamides is 1. The van der Waals surface area contributed by atoms with Gasteiger partial charge in [0.05, 0.1) is 4.90 Å². The van der Waals surface area contributed by atoms with E-state index in [2.05, 4.69) is 20.3 Å². The van der Waals surface area contributed by atoms with Gasteiger partial charge >= 0.3 is 0 Å². The van der Waals surface area contributed by atoms with Crippen LogP contribution in [0.1, 0.15) is 11.4 Å². The SMILES string of the molecule is Cc1ccnc(Nc2cc(N3CCN(S(=O)(=O)c4ccc(F)c(F)c4)CC3)nc(C)n2)c1. The summed E-state index contributed by atoms with van der Waals surface area (Å²) in [4.78, 5) is 14.9. The fourth-order valence-electron chi connectivity index (χ4n) is 3.46. The van der Waals surface area contributed by atoms with Gasteiger partial charge in [0.2, 0.25) is 10.0 Å². The fraction of sp³-hybridized carbons (Fsp3) is 0.286. The Morgan fingerprint density at radius 1 is 0.906 bits per heavy atom. The van der Waals surface area contributed by atoms with Gasteiger partial charge in [0.25, 0.3) is 0 Å². The Bertz CT molecular complexity index is 1250. The van der Waals surface area contributed by atoms with Crippen LogP contribution in [-0.2, 0) is 10.0 Å². The van der Waals surface area contributed by atoms with E-state index in [0.29, 0.717) is 42.4 Å². The number of aryl methyl sites for hydroxylation is 2. The Labute approximate surface area is 185 Å². The van der Waals surface area contributed by atoms with E-state index in [4.69, 9.17) is 0 Å². The smallest absolute Gasteiger partial charge is 0.243 e. The normalized spacial score (nSPS) is 15.1. The standard InChI is InChI=1S/C21H22F2N6O2S/c1-14-5-6-24-19(11-14)27-20-13-21(26-15(2)25-20)28-7-9-29(10-8-28)32(30,31)16-3-4-17(22)18(23)12-16/h3-6,11-13H,7-10H2,1-2H3,(H,24,25,26,27). The van der Waals surface area contributed by atoms with Crippen molar-refractivity contribution in [1.29, 1.82) is 0 Å². The summed E-state index contributed by atoms with van der Waals surface area (Å²) in [5, 5.41) is 3.17. The molecule has 1 saturated heterocycles. The molecule has 4 rings (SSSR count). The van der Waals surface area contributed by atoms with Crippen molar-refractivity contribution in [2.24, 2.45) is 0 Å². The first-order valence-electron chi connectivity index (χ1n) is 9.98. The van der Waals surface area contributed by atoms with Gasteiger partial charge in [-0.15, -0.1) is 0 Å². The maximum absolute atomic E-state index is 13.5. The quantitative estimate of drug-likeness (QED) is 0.626. The first kappa shape index (κ1) is 22.0. The number of nitrogens with one attached hydrogen (secondary N) is 1. The predicted octanol–water partition coefficient (Wildman–Crippen LogP) is 3.02. The average Bonchev–Trinajstić information content (AvgIpc) is 2.75. The second-order valence-corrected chi connectivity index (χ2v) is 9.41. The van der Waals surface area contributed by atoms with Crippen LogP contribution in [0.3, 0.4) is 0 Å². The van der Waals surface area contributed by atoms with Crippen LogP contribution in [0, 0.1) is 25.5 Å². The zero-order valence-electron chi connectivity index (χ0n) is 17.6. The number of aromatic nitrogens is 3. The number of rotatable bonds is 5. The van der Waals surface area contributed by atoms with E-state index in [0.717, 1.165) is 17.7 Å². The number of hydrogen-bond acceptors (Lipinski definition) is 7. The lowest BCUT2D eigenvalue weighted by molar-refractivity contribution is 0.383. The molecule has 1 fully saturated rings. The molecule has 32 heavy (non-hydrogen) atoms. The molecule has 0 amide bonds. The molecule has 1 aliphatic rings. The molecule has 0 bridgehead atoms. The Morgan fingerprint density at radius 3 is 2.34 bits per heavy atom. The molecule has 1 N–H and O–H groups in total. The highest BCUT2D eigenvalue weighted by atomic mass is 32.2. The van der Waals surface area contributed by atoms with Crippen LogP contribution < -0.4 is 10.2 Å². The molecule has 0 unspecified atom stereocenters. The second kappa shape index (κ2) is 8.75. The number of nitrogens with zero attached hydrogens (tertiary/aromatic N) is 5. The van der Waals surface area contributed by atoms with E-state index in [1.54, 1.807) is 19.2 Å². The summed E-state index contributed by atoms with van der Waals surface area (Å²) in [7, 11) is -3.92. The minimum Gasteiger partial charge on any atom is -0.354 e. The molecule has 0 saturated carbocycles. The van der Waals surface area contributed by atoms with Gasteiger partial charge in [0.15, 0.2) is 11.6 Å². The van der Waals surface area contributed by atoms with Gasteiger partial charge < -0.3 is 10.2 Å². The minimum atomic E-state index is -3.92. The molecule has 0 radical (unpaired) electrons. The molecule has 0 spiro atoms. The Hall–Kier alpha value is -3.18. The predicted molar refractivity (Wildman–Crippen MR) is 116 cm³/mol. The highest BCUT2D eigenvalue weighted by molar-refractivity contribution is 7.89. The molecule has 1 aliphatic heterocycles. The number of benzene rings is 1. The van der Waals surface area contributed by atoms with Crippen LogP contribution in [0.2, 0.25) is 0 Å². The van der Waals surface area contributed by atoms with Crippen LogP contribution in [0.4, 0.5) is 26.2 Å². The van der Waals surface area contributed by atoms with Crippen LogP contribution >= 0.6 is 0 Å². The van der Waals surface area contributed by atoms with Gasteiger partial charge in [-0.3, -0.25) is 0 Å². The van der Waals surface area contributed by atoms with Gasteiger partial charge in [0.1, 0.15) is 23.3 Å². The Morgan fingerprint density at radius 2 is 1.66 bits per heavy atom. The molecule has 1 aromatic carbocycles. The molecular weight excluding hydrogens is 438 g/mol. The maximum Gasteiger partial charge on any atom is 0.243 e. The largest absolute Gasteiger partial charge is 0.354 e. The summed E-state index contributed by atoms with van der Waals surface area (Å²) in [5.41, 5.74) is 1.06. The monoisotopic (exact) mass is 460 g/mol. The topological polar surface area (TPSA) is 91.3 Å². The second-order valence-electron chi connectivity index (χ2n) is 7.47. The summed E-state index contributed by atoms with van der Waals surface area (Å²) in [6, 6.07) is 8.19. The summed E-state index contributed by atoms with van der Waals surface area (Å²) < 4.78 is 53.6. The third-order valence-electron chi connectivity index (χ3n) is 5.09. The van der Waals surface area contributed by atoms with E-state index in [9.17, 15) is 17.2 Å². The number of pyridine rings is 1. The van der Waals surface area contributed by atoms with Crippen molar-refractivity contribution in [3.8, 4) is 0 Å². The molecule has 0 aliphatic carbocycles. The highest BCUT2D eigenvalue weighted by Gasteiger charge is 2.29. The lowest BCUT2D eigenvalue weighted by Gasteiger charge is -2.34. The van der Waals surface area contributed by atoms with Gasteiger partial charge in [0, 0.05) is 38.4 Å². The van der Waals surface area contributed by atoms with E-state index in [1.807, 2.05) is 24.0 Å². The summed E-state index contributed by atoms with van der Waals surface area (Å²) in [6.07, 6.45) is 1.71. The van der Waals surface area contributed by atoms with Crippen LogP contribution in [0.25, 0.3) is 0 Å². The van der Waals surface area contributed by atoms with Gasteiger partial charge in [-0.05, 0) is 49.7 Å². The zero-order chi connectivity index (χ0) is 22.9. The Kier molecular flexibility index (Phi) is 6.02. The lowest BCUT2D eigenvalue weighted by atomic mass is 10.3. The first-order valence-corrected chi connectivity index (χ1v) is 11.4. The maximum atomic E-state index is 13.5. The van der Waals surface area contributed by atoms with Gasteiger partial charge in [-0.2, -0.15) is 4.31 Å². The van der Waals surface area contributed by atoms with Crippen molar-refractivity contribution in [2.75, 3.05) is 36.4 Å². The van der Waals surface area contributed by atoms with Crippen molar-refractivity contribution in [1.82, 2.24) is 19.3 Å². The van der Waals surface area contributed by atoms with Crippen LogP contribution in [0.15, 0.2) is 47.5 Å². The molecule has 11 heteroatoms. The van der Waals surface area contributed by atoms with Gasteiger partial charge in [-0.1, -0.05) is 0 Å². The van der Waals surface area contributed by atoms with E-state index < -0.39 is 21.7 Å². The van der Waals surface area contributed by atoms with Crippen molar-refractivity contribution < 1.29 is 17.2 Å². The number of piperazine rings is 1.